The van der Waals surface area contributed by atoms with E-state index < -0.39 is 0 Å². The summed E-state index contributed by atoms with van der Waals surface area (Å²) in [5.74, 6) is 0. The molecule has 0 atom stereocenters. The van der Waals surface area contributed by atoms with Crippen molar-refractivity contribution in [1.29, 1.82) is 0 Å². The van der Waals surface area contributed by atoms with Crippen molar-refractivity contribution in [3.63, 3.8) is 0 Å². The van der Waals surface area contributed by atoms with Crippen LogP contribution in [0.25, 0.3) is 11.3 Å². The molecule has 29 heavy (non-hydrogen) atoms. The van der Waals surface area contributed by atoms with E-state index in [9.17, 15) is 10.1 Å². The fourth-order valence-electron chi connectivity index (χ4n) is 2.79. The van der Waals surface area contributed by atoms with Crippen molar-refractivity contribution in [2.75, 3.05) is 0 Å². The maximum atomic E-state index is 11.3. The highest BCUT2D eigenvalue weighted by atomic mass is 79.9. The van der Waals surface area contributed by atoms with Gasteiger partial charge in [-0.15, -0.1) is 11.3 Å². The normalized spacial score (nSPS) is 12.6. The summed E-state index contributed by atoms with van der Waals surface area (Å²) in [6.07, 6.45) is 0. The molecule has 0 N–H and O–H groups in total. The zero-order chi connectivity index (χ0) is 21.1. The molecular weight excluding hydrogens is 452 g/mol. The molecule has 3 rings (SSSR count). The van der Waals surface area contributed by atoms with Crippen LogP contribution in [0.4, 0.5) is 5.69 Å². The molecule has 0 saturated heterocycles. The molecule has 150 valence electrons. The van der Waals surface area contributed by atoms with Gasteiger partial charge in [0, 0.05) is 38.7 Å². The molecule has 0 unspecified atom stereocenters. The van der Waals surface area contributed by atoms with Gasteiger partial charge in [0.05, 0.1) is 16.3 Å². The molecule has 0 saturated carbocycles. The van der Waals surface area contributed by atoms with E-state index in [4.69, 9.17) is 5.10 Å². The van der Waals surface area contributed by atoms with Crippen LogP contribution in [0.5, 0.6) is 0 Å². The van der Waals surface area contributed by atoms with Crippen LogP contribution in [0.3, 0.4) is 0 Å². The Kier molecular flexibility index (Phi) is 6.44. The first-order chi connectivity index (χ1) is 13.8. The molecule has 0 aliphatic rings. The highest BCUT2D eigenvalue weighted by Gasteiger charge is 2.14. The molecular formula is C21H21BrN4O2S. The molecule has 0 radical (unpaired) electrons. The summed E-state index contributed by atoms with van der Waals surface area (Å²) in [6.45, 7) is 7.61. The monoisotopic (exact) mass is 472 g/mol. The van der Waals surface area contributed by atoms with E-state index in [0.29, 0.717) is 16.8 Å². The summed E-state index contributed by atoms with van der Waals surface area (Å²) < 4.78 is 2.79. The van der Waals surface area contributed by atoms with E-state index in [2.05, 4.69) is 20.9 Å². The number of benzene rings is 2. The summed E-state index contributed by atoms with van der Waals surface area (Å²) in [6, 6.07) is 13.3. The third-order valence-corrected chi connectivity index (χ3v) is 5.57. The highest BCUT2D eigenvalue weighted by molar-refractivity contribution is 9.10. The first-order valence-corrected chi connectivity index (χ1v) is 10.7. The van der Waals surface area contributed by atoms with Gasteiger partial charge in [0.15, 0.2) is 0 Å². The lowest BCUT2D eigenvalue weighted by molar-refractivity contribution is -0.385. The van der Waals surface area contributed by atoms with Crippen LogP contribution in [-0.4, -0.2) is 21.4 Å². The Labute approximate surface area is 181 Å². The molecule has 1 heterocycles. The number of hydrogen-bond acceptors (Lipinski definition) is 5. The van der Waals surface area contributed by atoms with Gasteiger partial charge >= 0.3 is 0 Å². The Hall–Kier alpha value is -2.58. The molecule has 0 aliphatic heterocycles. The van der Waals surface area contributed by atoms with Crippen molar-refractivity contribution in [3.8, 4) is 11.3 Å². The Balaban J connectivity index is 2.18. The SMILES string of the molecule is CC(=Nn1c(-c2cccc(Br)c2)csc1=NC(C)C)c1ccc(C)c([N+](=O)[O-])c1. The third kappa shape index (κ3) is 4.89. The number of nitro benzene ring substituents is 1. The fourth-order valence-corrected chi connectivity index (χ4v) is 4.15. The van der Waals surface area contributed by atoms with Crippen LogP contribution >= 0.6 is 27.3 Å². The molecule has 2 aromatic carbocycles. The largest absolute Gasteiger partial charge is 0.272 e. The van der Waals surface area contributed by atoms with Gasteiger partial charge in [-0.25, -0.2) is 4.68 Å². The van der Waals surface area contributed by atoms with Gasteiger partial charge in [0.2, 0.25) is 4.80 Å². The second-order valence-corrected chi connectivity index (χ2v) is 8.64. The average molecular weight is 473 g/mol. The number of aryl methyl sites for hydroxylation is 1. The van der Waals surface area contributed by atoms with Crippen LogP contribution in [0.2, 0.25) is 0 Å². The van der Waals surface area contributed by atoms with E-state index in [-0.39, 0.29) is 16.7 Å². The summed E-state index contributed by atoms with van der Waals surface area (Å²) in [4.78, 5) is 16.4. The minimum atomic E-state index is -0.365. The van der Waals surface area contributed by atoms with Crippen LogP contribution in [0, 0.1) is 17.0 Å². The quantitative estimate of drug-likeness (QED) is 0.268. The molecule has 0 amide bonds. The molecule has 0 aliphatic carbocycles. The summed E-state index contributed by atoms with van der Waals surface area (Å²) >= 11 is 5.04. The van der Waals surface area contributed by atoms with Gasteiger partial charge in [-0.05, 0) is 39.8 Å². The predicted octanol–water partition coefficient (Wildman–Crippen LogP) is 5.78. The van der Waals surface area contributed by atoms with E-state index >= 15 is 0 Å². The lowest BCUT2D eigenvalue weighted by atomic mass is 10.1. The molecule has 3 aromatic rings. The van der Waals surface area contributed by atoms with Gasteiger partial charge < -0.3 is 0 Å². The van der Waals surface area contributed by atoms with Crippen LogP contribution in [0.1, 0.15) is 31.9 Å². The Bertz CT molecular complexity index is 1160. The number of thiazole rings is 1. The molecule has 8 heteroatoms. The second-order valence-electron chi connectivity index (χ2n) is 6.89. The fraction of sp³-hybridized carbons (Fsp3) is 0.238. The lowest BCUT2D eigenvalue weighted by Crippen LogP contribution is -2.16. The average Bonchev–Trinajstić information content (AvgIpc) is 3.03. The van der Waals surface area contributed by atoms with Crippen LogP contribution < -0.4 is 4.80 Å². The molecule has 1 aromatic heterocycles. The maximum absolute atomic E-state index is 11.3. The van der Waals surface area contributed by atoms with E-state index in [1.165, 1.54) is 11.3 Å². The van der Waals surface area contributed by atoms with Crippen molar-refractivity contribution in [2.45, 2.75) is 33.7 Å². The second kappa shape index (κ2) is 8.84. The van der Waals surface area contributed by atoms with Crippen LogP contribution in [0.15, 0.2) is 62.4 Å². The van der Waals surface area contributed by atoms with E-state index in [0.717, 1.165) is 20.5 Å². The number of halogens is 1. The van der Waals surface area contributed by atoms with Crippen molar-refractivity contribution in [2.24, 2.45) is 10.1 Å². The van der Waals surface area contributed by atoms with Crippen molar-refractivity contribution in [1.82, 2.24) is 4.68 Å². The molecule has 6 nitrogen and oxygen atoms in total. The number of aromatic nitrogens is 1. The zero-order valence-electron chi connectivity index (χ0n) is 16.6. The minimum absolute atomic E-state index is 0.0895. The van der Waals surface area contributed by atoms with E-state index in [1.807, 2.05) is 61.2 Å². The number of hydrogen-bond donors (Lipinski definition) is 0. The van der Waals surface area contributed by atoms with Crippen molar-refractivity contribution < 1.29 is 4.92 Å². The molecule has 0 bridgehead atoms. The van der Waals surface area contributed by atoms with Gasteiger partial charge in [0.1, 0.15) is 0 Å². The summed E-state index contributed by atoms with van der Waals surface area (Å²) in [7, 11) is 0. The Morgan fingerprint density at radius 1 is 1.24 bits per heavy atom. The summed E-state index contributed by atoms with van der Waals surface area (Å²) in [5, 5.41) is 18.1. The first kappa shape index (κ1) is 21.1. The lowest BCUT2D eigenvalue weighted by Gasteiger charge is -2.08. The first-order valence-electron chi connectivity index (χ1n) is 9.07. The van der Waals surface area contributed by atoms with Gasteiger partial charge in [-0.3, -0.25) is 15.1 Å². The molecule has 0 fully saturated rings. The predicted molar refractivity (Wildman–Crippen MR) is 122 cm³/mol. The third-order valence-electron chi connectivity index (χ3n) is 4.25. The van der Waals surface area contributed by atoms with E-state index in [1.54, 1.807) is 19.1 Å². The number of rotatable bonds is 5. The summed E-state index contributed by atoms with van der Waals surface area (Å²) in [5.41, 5.74) is 4.01. The van der Waals surface area contributed by atoms with Crippen LogP contribution in [-0.2, 0) is 0 Å². The standard InChI is InChI=1S/C21H21BrN4O2S/c1-13(2)23-21-25(20(12-29-21)17-6-5-7-18(22)10-17)24-15(4)16-9-8-14(3)19(11-16)26(27)28/h5-13H,1-4H3. The topological polar surface area (TPSA) is 72.8 Å². The Morgan fingerprint density at radius 2 is 2.00 bits per heavy atom. The maximum Gasteiger partial charge on any atom is 0.272 e. The van der Waals surface area contributed by atoms with Gasteiger partial charge in [-0.1, -0.05) is 40.2 Å². The zero-order valence-corrected chi connectivity index (χ0v) is 19.0. The minimum Gasteiger partial charge on any atom is -0.258 e. The van der Waals surface area contributed by atoms with Crippen molar-refractivity contribution >= 4 is 38.7 Å². The van der Waals surface area contributed by atoms with Gasteiger partial charge in [-0.2, -0.15) is 5.10 Å². The molecule has 0 spiro atoms. The highest BCUT2D eigenvalue weighted by Crippen LogP contribution is 2.24. The Morgan fingerprint density at radius 3 is 2.66 bits per heavy atom. The van der Waals surface area contributed by atoms with Gasteiger partial charge in [0.25, 0.3) is 5.69 Å². The van der Waals surface area contributed by atoms with Crippen molar-refractivity contribution in [3.05, 3.63) is 78.4 Å². The number of nitrogens with zero attached hydrogens (tertiary/aromatic N) is 4. The smallest absolute Gasteiger partial charge is 0.258 e. The number of nitro groups is 1.